The lowest BCUT2D eigenvalue weighted by atomic mass is 9.82. The van der Waals surface area contributed by atoms with Crippen LogP contribution in [0.25, 0.3) is 0 Å². The number of hydrogen-bond donors (Lipinski definition) is 2. The van der Waals surface area contributed by atoms with E-state index in [1.807, 2.05) is 18.2 Å². The van der Waals surface area contributed by atoms with Crippen molar-refractivity contribution in [3.8, 4) is 5.75 Å². The molecule has 0 fully saturated rings. The molecular weight excluding hydrogens is 265 g/mol. The molecule has 0 aliphatic rings. The summed E-state index contributed by atoms with van der Waals surface area (Å²) >= 11 is 0. The SMILES string of the molecule is CC(C)(C)C(NCc1cc(F)ccc1O)c1ccccc1. The predicted molar refractivity (Wildman–Crippen MR) is 83.5 cm³/mol. The molecule has 0 aromatic heterocycles. The van der Waals surface area contributed by atoms with Gasteiger partial charge in [-0.2, -0.15) is 0 Å². The summed E-state index contributed by atoms with van der Waals surface area (Å²) in [6.07, 6.45) is 0. The molecule has 0 aliphatic heterocycles. The van der Waals surface area contributed by atoms with Gasteiger partial charge in [0.2, 0.25) is 0 Å². The summed E-state index contributed by atoms with van der Waals surface area (Å²) < 4.78 is 13.3. The Balaban J connectivity index is 2.19. The quantitative estimate of drug-likeness (QED) is 0.873. The van der Waals surface area contributed by atoms with Gasteiger partial charge in [0.1, 0.15) is 11.6 Å². The lowest BCUT2D eigenvalue weighted by molar-refractivity contribution is 0.270. The van der Waals surface area contributed by atoms with Crippen molar-refractivity contribution < 1.29 is 9.50 Å². The molecule has 1 unspecified atom stereocenters. The average Bonchev–Trinajstić information content (AvgIpc) is 2.42. The first-order valence-electron chi connectivity index (χ1n) is 7.13. The zero-order valence-electron chi connectivity index (χ0n) is 12.7. The largest absolute Gasteiger partial charge is 0.508 e. The summed E-state index contributed by atoms with van der Waals surface area (Å²) in [5, 5.41) is 13.2. The van der Waals surface area contributed by atoms with Crippen LogP contribution < -0.4 is 5.32 Å². The predicted octanol–water partition coefficient (Wildman–Crippen LogP) is 4.41. The molecule has 3 heteroatoms. The van der Waals surface area contributed by atoms with E-state index >= 15 is 0 Å². The zero-order valence-corrected chi connectivity index (χ0v) is 12.7. The first-order valence-corrected chi connectivity index (χ1v) is 7.13. The van der Waals surface area contributed by atoms with Gasteiger partial charge in [0.05, 0.1) is 0 Å². The van der Waals surface area contributed by atoms with E-state index in [9.17, 15) is 9.50 Å². The van der Waals surface area contributed by atoms with Gasteiger partial charge in [-0.1, -0.05) is 51.1 Å². The lowest BCUT2D eigenvalue weighted by Crippen LogP contribution is -2.32. The van der Waals surface area contributed by atoms with Gasteiger partial charge in [0.15, 0.2) is 0 Å². The highest BCUT2D eigenvalue weighted by Crippen LogP contribution is 2.33. The van der Waals surface area contributed by atoms with Crippen molar-refractivity contribution in [3.05, 3.63) is 65.5 Å². The molecule has 0 heterocycles. The molecule has 2 nitrogen and oxygen atoms in total. The number of rotatable bonds is 4. The Morgan fingerprint density at radius 3 is 2.38 bits per heavy atom. The number of benzene rings is 2. The van der Waals surface area contributed by atoms with Gasteiger partial charge >= 0.3 is 0 Å². The zero-order chi connectivity index (χ0) is 15.5. The average molecular weight is 287 g/mol. The van der Waals surface area contributed by atoms with Crippen molar-refractivity contribution in [1.82, 2.24) is 5.32 Å². The number of nitrogens with one attached hydrogen (secondary N) is 1. The van der Waals surface area contributed by atoms with Crippen LogP contribution in [0.3, 0.4) is 0 Å². The second kappa shape index (κ2) is 6.27. The smallest absolute Gasteiger partial charge is 0.123 e. The normalized spacial score (nSPS) is 13.1. The first-order chi connectivity index (χ1) is 9.88. The van der Waals surface area contributed by atoms with Gasteiger partial charge in [-0.05, 0) is 29.2 Å². The molecule has 0 radical (unpaired) electrons. The molecule has 0 amide bonds. The minimum absolute atomic E-state index is 0.00426. The molecule has 0 bridgehead atoms. The molecule has 21 heavy (non-hydrogen) atoms. The van der Waals surface area contributed by atoms with Gasteiger partial charge in [-0.15, -0.1) is 0 Å². The Labute approximate surface area is 125 Å². The van der Waals surface area contributed by atoms with Crippen molar-refractivity contribution >= 4 is 0 Å². The highest BCUT2D eigenvalue weighted by molar-refractivity contribution is 5.32. The van der Waals surface area contributed by atoms with E-state index in [1.165, 1.54) is 23.8 Å². The number of phenolic OH excluding ortho intramolecular Hbond substituents is 1. The van der Waals surface area contributed by atoms with E-state index in [4.69, 9.17) is 0 Å². The van der Waals surface area contributed by atoms with E-state index in [0.717, 1.165) is 0 Å². The number of hydrogen-bond acceptors (Lipinski definition) is 2. The fraction of sp³-hybridized carbons (Fsp3) is 0.333. The van der Waals surface area contributed by atoms with Crippen LogP contribution in [0.15, 0.2) is 48.5 Å². The Bertz CT molecular complexity index is 590. The molecule has 2 rings (SSSR count). The highest BCUT2D eigenvalue weighted by atomic mass is 19.1. The molecule has 112 valence electrons. The van der Waals surface area contributed by atoms with Crippen LogP contribution in [0.4, 0.5) is 4.39 Å². The Morgan fingerprint density at radius 1 is 1.10 bits per heavy atom. The minimum atomic E-state index is -0.336. The first kappa shape index (κ1) is 15.5. The van der Waals surface area contributed by atoms with Crippen molar-refractivity contribution in [2.45, 2.75) is 33.4 Å². The van der Waals surface area contributed by atoms with Crippen molar-refractivity contribution in [2.24, 2.45) is 5.41 Å². The Kier molecular flexibility index (Phi) is 4.63. The van der Waals surface area contributed by atoms with Gasteiger partial charge in [0.25, 0.3) is 0 Å². The second-order valence-corrected chi connectivity index (χ2v) is 6.36. The standard InChI is InChI=1S/C18H22FNO/c1-18(2,3)17(13-7-5-4-6-8-13)20-12-14-11-15(19)9-10-16(14)21/h4-11,17,20-21H,12H2,1-3H3. The summed E-state index contributed by atoms with van der Waals surface area (Å²) in [7, 11) is 0. The van der Waals surface area contributed by atoms with Crippen molar-refractivity contribution in [1.29, 1.82) is 0 Å². The van der Waals surface area contributed by atoms with Crippen LogP contribution in [-0.4, -0.2) is 5.11 Å². The van der Waals surface area contributed by atoms with E-state index < -0.39 is 0 Å². The van der Waals surface area contributed by atoms with E-state index in [0.29, 0.717) is 12.1 Å². The monoisotopic (exact) mass is 287 g/mol. The lowest BCUT2D eigenvalue weighted by Gasteiger charge is -2.32. The molecule has 2 aromatic carbocycles. The van der Waals surface area contributed by atoms with Crippen LogP contribution in [0.2, 0.25) is 0 Å². The van der Waals surface area contributed by atoms with Crippen molar-refractivity contribution in [3.63, 3.8) is 0 Å². The molecular formula is C18H22FNO. The van der Waals surface area contributed by atoms with Gasteiger partial charge in [0, 0.05) is 18.2 Å². The molecule has 0 saturated heterocycles. The third-order valence-electron chi connectivity index (χ3n) is 3.54. The van der Waals surface area contributed by atoms with Crippen LogP contribution in [0.5, 0.6) is 5.75 Å². The van der Waals surface area contributed by atoms with Crippen LogP contribution >= 0.6 is 0 Å². The van der Waals surface area contributed by atoms with Crippen LogP contribution in [0.1, 0.15) is 37.9 Å². The third-order valence-corrected chi connectivity index (χ3v) is 3.54. The van der Waals surface area contributed by atoms with Gasteiger partial charge in [-0.3, -0.25) is 0 Å². The summed E-state index contributed by atoms with van der Waals surface area (Å²) in [5.74, 6) is -0.221. The third kappa shape index (κ3) is 4.05. The van der Waals surface area contributed by atoms with Crippen LogP contribution in [0, 0.1) is 11.2 Å². The minimum Gasteiger partial charge on any atom is -0.508 e. The summed E-state index contributed by atoms with van der Waals surface area (Å²) in [4.78, 5) is 0. The fourth-order valence-corrected chi connectivity index (χ4v) is 2.48. The molecule has 0 saturated carbocycles. The topological polar surface area (TPSA) is 32.3 Å². The van der Waals surface area contributed by atoms with E-state index in [-0.39, 0.29) is 23.0 Å². The summed E-state index contributed by atoms with van der Waals surface area (Å²) in [5.41, 5.74) is 1.76. The van der Waals surface area contributed by atoms with E-state index in [1.54, 1.807) is 0 Å². The highest BCUT2D eigenvalue weighted by Gasteiger charge is 2.25. The summed E-state index contributed by atoms with van der Waals surface area (Å²) in [6.45, 7) is 6.88. The van der Waals surface area contributed by atoms with Crippen LogP contribution in [-0.2, 0) is 6.54 Å². The maximum Gasteiger partial charge on any atom is 0.123 e. The number of halogens is 1. The summed E-state index contributed by atoms with van der Waals surface area (Å²) in [6, 6.07) is 14.3. The van der Waals surface area contributed by atoms with Gasteiger partial charge < -0.3 is 10.4 Å². The second-order valence-electron chi connectivity index (χ2n) is 6.36. The fourth-order valence-electron chi connectivity index (χ4n) is 2.48. The number of phenols is 1. The molecule has 0 spiro atoms. The number of aromatic hydroxyl groups is 1. The van der Waals surface area contributed by atoms with Gasteiger partial charge in [-0.25, -0.2) is 4.39 Å². The molecule has 1 atom stereocenters. The molecule has 2 N–H and O–H groups in total. The Morgan fingerprint density at radius 2 is 1.76 bits per heavy atom. The maximum absolute atomic E-state index is 13.3. The molecule has 2 aromatic rings. The molecule has 0 aliphatic carbocycles. The van der Waals surface area contributed by atoms with Crippen molar-refractivity contribution in [2.75, 3.05) is 0 Å². The van der Waals surface area contributed by atoms with E-state index in [2.05, 4.69) is 38.2 Å². The maximum atomic E-state index is 13.3. The Hall–Kier alpha value is -1.87.